The van der Waals surface area contributed by atoms with E-state index in [9.17, 15) is 14.7 Å². The van der Waals surface area contributed by atoms with E-state index in [0.717, 1.165) is 18.4 Å². The van der Waals surface area contributed by atoms with Crippen molar-refractivity contribution in [2.24, 2.45) is 5.41 Å². The Balaban J connectivity index is 1.69. The molecule has 0 aromatic heterocycles. The highest BCUT2D eigenvalue weighted by atomic mass is 35.5. The lowest BCUT2D eigenvalue weighted by molar-refractivity contribution is -0.154. The molecule has 0 spiro atoms. The number of benzene rings is 1. The third-order valence-corrected chi connectivity index (χ3v) is 5.32. The quantitative estimate of drug-likeness (QED) is 0.865. The van der Waals surface area contributed by atoms with E-state index in [4.69, 9.17) is 16.3 Å². The number of nitrogens with one attached hydrogen (secondary N) is 1. The summed E-state index contributed by atoms with van der Waals surface area (Å²) in [7, 11) is 0. The zero-order valence-corrected chi connectivity index (χ0v) is 13.6. The second-order valence-electron chi connectivity index (χ2n) is 6.47. The van der Waals surface area contributed by atoms with Crippen LogP contribution in [0.5, 0.6) is 0 Å². The van der Waals surface area contributed by atoms with Crippen molar-refractivity contribution < 1.29 is 19.4 Å². The Bertz CT molecular complexity index is 604. The number of amides is 1. The molecule has 5 nitrogen and oxygen atoms in total. The van der Waals surface area contributed by atoms with Crippen LogP contribution < -0.4 is 5.32 Å². The number of hydrogen-bond acceptors (Lipinski definition) is 3. The van der Waals surface area contributed by atoms with Gasteiger partial charge in [-0.25, -0.2) is 0 Å². The SMILES string of the molecule is O=C(O)C1(CNC(=O)C2(c3ccc(Cl)cc3)CC2)CCOCC1. The molecule has 124 valence electrons. The minimum absolute atomic E-state index is 0.0908. The van der Waals surface area contributed by atoms with Crippen molar-refractivity contribution in [3.8, 4) is 0 Å². The second-order valence-corrected chi connectivity index (χ2v) is 6.91. The van der Waals surface area contributed by atoms with Crippen molar-refractivity contribution in [3.05, 3.63) is 34.9 Å². The normalized spacial score (nSPS) is 21.4. The molecule has 23 heavy (non-hydrogen) atoms. The molecular weight excluding hydrogens is 318 g/mol. The molecule has 1 aromatic carbocycles. The molecule has 2 aliphatic rings. The molecule has 0 bridgehead atoms. The maximum Gasteiger partial charge on any atom is 0.311 e. The number of rotatable bonds is 5. The van der Waals surface area contributed by atoms with Crippen LogP contribution in [0.3, 0.4) is 0 Å². The zero-order chi connectivity index (χ0) is 16.5. The summed E-state index contributed by atoms with van der Waals surface area (Å²) in [6.07, 6.45) is 2.42. The van der Waals surface area contributed by atoms with Gasteiger partial charge in [-0.3, -0.25) is 9.59 Å². The molecule has 1 aromatic rings. The number of aliphatic carboxylic acids is 1. The molecule has 3 rings (SSSR count). The minimum Gasteiger partial charge on any atom is -0.481 e. The fraction of sp³-hybridized carbons (Fsp3) is 0.529. The monoisotopic (exact) mass is 337 g/mol. The molecule has 1 amide bonds. The first kappa shape index (κ1) is 16.3. The molecule has 1 saturated carbocycles. The number of ether oxygens (including phenoxy) is 1. The van der Waals surface area contributed by atoms with Crippen LogP contribution in [0.4, 0.5) is 0 Å². The average molecular weight is 338 g/mol. The van der Waals surface area contributed by atoms with Crippen LogP contribution in [0.1, 0.15) is 31.2 Å². The van der Waals surface area contributed by atoms with Crippen LogP contribution in [0.2, 0.25) is 5.02 Å². The van der Waals surface area contributed by atoms with E-state index in [0.29, 0.717) is 31.1 Å². The maximum atomic E-state index is 12.7. The van der Waals surface area contributed by atoms with Crippen LogP contribution in [-0.4, -0.2) is 36.7 Å². The maximum absolute atomic E-state index is 12.7. The number of hydrogen-bond donors (Lipinski definition) is 2. The van der Waals surface area contributed by atoms with E-state index < -0.39 is 16.8 Å². The number of carboxylic acids is 1. The number of carbonyl (C=O) groups is 2. The largest absolute Gasteiger partial charge is 0.481 e. The van der Waals surface area contributed by atoms with Crippen molar-refractivity contribution in [3.63, 3.8) is 0 Å². The average Bonchev–Trinajstić information content (AvgIpc) is 3.36. The fourth-order valence-electron chi connectivity index (χ4n) is 3.19. The summed E-state index contributed by atoms with van der Waals surface area (Å²) in [4.78, 5) is 24.3. The Kier molecular flexibility index (Phi) is 4.34. The van der Waals surface area contributed by atoms with Gasteiger partial charge in [0.15, 0.2) is 0 Å². The van der Waals surface area contributed by atoms with E-state index in [2.05, 4.69) is 5.32 Å². The van der Waals surface area contributed by atoms with Gasteiger partial charge in [-0.2, -0.15) is 0 Å². The van der Waals surface area contributed by atoms with Crippen LogP contribution in [0, 0.1) is 5.41 Å². The third kappa shape index (κ3) is 3.08. The minimum atomic E-state index is -0.913. The summed E-state index contributed by atoms with van der Waals surface area (Å²) >= 11 is 5.90. The van der Waals surface area contributed by atoms with Gasteiger partial charge >= 0.3 is 5.97 Å². The predicted octanol–water partition coefficient (Wildman–Crippen LogP) is 2.37. The van der Waals surface area contributed by atoms with Gasteiger partial charge in [0, 0.05) is 24.8 Å². The molecule has 1 heterocycles. The Morgan fingerprint density at radius 3 is 2.26 bits per heavy atom. The highest BCUT2D eigenvalue weighted by Gasteiger charge is 2.52. The van der Waals surface area contributed by atoms with Gasteiger partial charge in [0.1, 0.15) is 0 Å². The van der Waals surface area contributed by atoms with Crippen LogP contribution in [0.25, 0.3) is 0 Å². The molecule has 1 aliphatic heterocycles. The molecule has 2 fully saturated rings. The number of halogens is 1. The van der Waals surface area contributed by atoms with Crippen molar-refractivity contribution in [2.75, 3.05) is 19.8 Å². The van der Waals surface area contributed by atoms with Crippen molar-refractivity contribution in [1.82, 2.24) is 5.32 Å². The first-order chi connectivity index (χ1) is 11.0. The Morgan fingerprint density at radius 2 is 1.74 bits per heavy atom. The molecule has 2 N–H and O–H groups in total. The Labute approximate surface area is 140 Å². The summed E-state index contributed by atoms with van der Waals surface area (Å²) in [6.45, 7) is 0.995. The molecule has 6 heteroatoms. The van der Waals surface area contributed by atoms with Crippen LogP contribution in [-0.2, 0) is 19.7 Å². The molecule has 0 unspecified atom stereocenters. The molecule has 1 aliphatic carbocycles. The van der Waals surface area contributed by atoms with E-state index in [1.807, 2.05) is 12.1 Å². The summed E-state index contributed by atoms with van der Waals surface area (Å²) in [6, 6.07) is 7.30. The lowest BCUT2D eigenvalue weighted by Gasteiger charge is -2.33. The smallest absolute Gasteiger partial charge is 0.311 e. The highest BCUT2D eigenvalue weighted by molar-refractivity contribution is 6.30. The summed E-state index contributed by atoms with van der Waals surface area (Å²) in [5.41, 5.74) is -0.491. The summed E-state index contributed by atoms with van der Waals surface area (Å²) in [5.74, 6) is -0.954. The molecule has 0 atom stereocenters. The fourth-order valence-corrected chi connectivity index (χ4v) is 3.31. The van der Waals surface area contributed by atoms with Gasteiger partial charge < -0.3 is 15.2 Å². The van der Waals surface area contributed by atoms with Gasteiger partial charge in [0.2, 0.25) is 5.91 Å². The van der Waals surface area contributed by atoms with Gasteiger partial charge in [0.05, 0.1) is 10.8 Å². The van der Waals surface area contributed by atoms with E-state index >= 15 is 0 Å². The standard InChI is InChI=1S/C17H20ClNO4/c18-13-3-1-12(2-4-13)17(5-6-17)14(20)19-11-16(15(21)22)7-9-23-10-8-16/h1-4H,5-11H2,(H,19,20)(H,21,22). The van der Waals surface area contributed by atoms with E-state index in [1.54, 1.807) is 12.1 Å². The lowest BCUT2D eigenvalue weighted by atomic mass is 9.80. The van der Waals surface area contributed by atoms with Gasteiger partial charge in [0.25, 0.3) is 0 Å². The van der Waals surface area contributed by atoms with Gasteiger partial charge in [-0.05, 0) is 43.4 Å². The highest BCUT2D eigenvalue weighted by Crippen LogP contribution is 2.48. The Morgan fingerprint density at radius 1 is 1.13 bits per heavy atom. The summed E-state index contributed by atoms with van der Waals surface area (Å²) in [5, 5.41) is 13.1. The zero-order valence-electron chi connectivity index (χ0n) is 12.8. The third-order valence-electron chi connectivity index (χ3n) is 5.07. The van der Waals surface area contributed by atoms with E-state index in [-0.39, 0.29) is 12.5 Å². The van der Waals surface area contributed by atoms with Gasteiger partial charge in [-0.15, -0.1) is 0 Å². The van der Waals surface area contributed by atoms with Crippen LogP contribution >= 0.6 is 11.6 Å². The molecule has 1 saturated heterocycles. The predicted molar refractivity (Wildman–Crippen MR) is 85.5 cm³/mol. The lowest BCUT2D eigenvalue weighted by Crippen LogP contribution is -2.48. The number of carboxylic acid groups (broad SMARTS) is 1. The number of carbonyl (C=O) groups excluding carboxylic acids is 1. The van der Waals surface area contributed by atoms with Crippen molar-refractivity contribution in [2.45, 2.75) is 31.1 Å². The second kappa shape index (κ2) is 6.13. The van der Waals surface area contributed by atoms with Crippen molar-refractivity contribution >= 4 is 23.5 Å². The van der Waals surface area contributed by atoms with Crippen LogP contribution in [0.15, 0.2) is 24.3 Å². The Hall–Kier alpha value is -1.59. The first-order valence-electron chi connectivity index (χ1n) is 7.84. The van der Waals surface area contributed by atoms with E-state index in [1.165, 1.54) is 0 Å². The van der Waals surface area contributed by atoms with Crippen molar-refractivity contribution in [1.29, 1.82) is 0 Å². The molecular formula is C17H20ClNO4. The topological polar surface area (TPSA) is 75.6 Å². The molecule has 0 radical (unpaired) electrons. The van der Waals surface area contributed by atoms with Gasteiger partial charge in [-0.1, -0.05) is 23.7 Å². The first-order valence-corrected chi connectivity index (χ1v) is 8.22. The summed E-state index contributed by atoms with van der Waals surface area (Å²) < 4.78 is 5.25.